The summed E-state index contributed by atoms with van der Waals surface area (Å²) >= 11 is 8.75. The minimum Gasteiger partial charge on any atom is -0.462 e. The third-order valence-electron chi connectivity index (χ3n) is 1.94. The molecular weight excluding hydrogens is 292 g/mol. The number of hydrogen-bond acceptors (Lipinski definition) is 6. The van der Waals surface area contributed by atoms with Crippen molar-refractivity contribution >= 4 is 50.9 Å². The molecule has 0 saturated heterocycles. The van der Waals surface area contributed by atoms with Crippen LogP contribution in [0.4, 0.5) is 0 Å². The van der Waals surface area contributed by atoms with Crippen LogP contribution in [-0.4, -0.2) is 27.8 Å². The number of carbonyl (C=O) groups is 1. The third-order valence-corrected chi connectivity index (χ3v) is 3.86. The van der Waals surface area contributed by atoms with Crippen LogP contribution in [0.2, 0.25) is 5.15 Å². The van der Waals surface area contributed by atoms with Crippen molar-refractivity contribution in [2.75, 3.05) is 5.75 Å². The van der Waals surface area contributed by atoms with Gasteiger partial charge in [-0.15, -0.1) is 11.3 Å². The molecule has 2 aromatic rings. The summed E-state index contributed by atoms with van der Waals surface area (Å²) in [6.45, 7) is 3.63. The molecule has 0 spiro atoms. The van der Waals surface area contributed by atoms with Crippen LogP contribution in [-0.2, 0) is 9.53 Å². The molecule has 0 amide bonds. The van der Waals surface area contributed by atoms with Gasteiger partial charge in [0.1, 0.15) is 9.98 Å². The fourth-order valence-corrected chi connectivity index (χ4v) is 3.07. The zero-order valence-corrected chi connectivity index (χ0v) is 12.2. The Morgan fingerprint density at radius 3 is 3.06 bits per heavy atom. The van der Waals surface area contributed by atoms with Crippen LogP contribution in [0.15, 0.2) is 16.6 Å². The van der Waals surface area contributed by atoms with Gasteiger partial charge < -0.3 is 4.74 Å². The molecular formula is C11H11ClN2O2S2. The average molecular weight is 303 g/mol. The Kier molecular flexibility index (Phi) is 4.42. The molecule has 0 aliphatic carbocycles. The van der Waals surface area contributed by atoms with Gasteiger partial charge in [-0.1, -0.05) is 23.4 Å². The summed E-state index contributed by atoms with van der Waals surface area (Å²) in [5.41, 5.74) is 0. The molecule has 0 unspecified atom stereocenters. The highest BCUT2D eigenvalue weighted by atomic mass is 35.5. The molecule has 4 nitrogen and oxygen atoms in total. The molecule has 0 radical (unpaired) electrons. The summed E-state index contributed by atoms with van der Waals surface area (Å²) < 4.78 is 5.03. The second-order valence-electron chi connectivity index (χ2n) is 3.76. The normalized spacial score (nSPS) is 11.1. The predicted octanol–water partition coefficient (Wildman–Crippen LogP) is 3.39. The van der Waals surface area contributed by atoms with Gasteiger partial charge in [0.25, 0.3) is 0 Å². The number of halogens is 1. The van der Waals surface area contributed by atoms with E-state index in [2.05, 4.69) is 9.97 Å². The standard InChI is InChI=1S/C11H11ClN2O2S2/c1-6(2)16-8(15)5-18-11-13-9(12)7-3-4-17-10(7)14-11/h3-4,6H,5H2,1-2H3. The minimum atomic E-state index is -0.277. The van der Waals surface area contributed by atoms with Crippen molar-refractivity contribution in [2.45, 2.75) is 25.1 Å². The molecule has 0 aromatic carbocycles. The summed E-state index contributed by atoms with van der Waals surface area (Å²) in [6, 6.07) is 1.88. The fraction of sp³-hybridized carbons (Fsp3) is 0.364. The molecule has 2 heterocycles. The van der Waals surface area contributed by atoms with Gasteiger partial charge in [-0.05, 0) is 25.3 Å². The Bertz CT molecular complexity index is 571. The van der Waals surface area contributed by atoms with E-state index in [1.807, 2.05) is 25.3 Å². The van der Waals surface area contributed by atoms with E-state index in [-0.39, 0.29) is 17.8 Å². The molecule has 0 saturated carbocycles. The summed E-state index contributed by atoms with van der Waals surface area (Å²) in [4.78, 5) is 20.7. The van der Waals surface area contributed by atoms with E-state index in [1.165, 1.54) is 23.1 Å². The number of ether oxygens (including phenoxy) is 1. The Balaban J connectivity index is 2.05. The minimum absolute atomic E-state index is 0.109. The lowest BCUT2D eigenvalue weighted by atomic mass is 10.4. The van der Waals surface area contributed by atoms with Gasteiger partial charge in [-0.2, -0.15) is 0 Å². The number of nitrogens with zero attached hydrogens (tertiary/aromatic N) is 2. The first-order valence-corrected chi connectivity index (χ1v) is 7.53. The second kappa shape index (κ2) is 5.86. The first-order chi connectivity index (χ1) is 8.56. The Labute approximate surface area is 118 Å². The molecule has 2 rings (SSSR count). The molecule has 96 valence electrons. The topological polar surface area (TPSA) is 52.1 Å². The van der Waals surface area contributed by atoms with Crippen molar-refractivity contribution in [1.82, 2.24) is 9.97 Å². The van der Waals surface area contributed by atoms with Crippen LogP contribution in [0.5, 0.6) is 0 Å². The number of carbonyl (C=O) groups excluding carboxylic acids is 1. The molecule has 7 heteroatoms. The first kappa shape index (κ1) is 13.6. The molecule has 0 bridgehead atoms. The summed E-state index contributed by atoms with van der Waals surface area (Å²) in [6.07, 6.45) is -0.109. The zero-order valence-electron chi connectivity index (χ0n) is 9.84. The molecule has 2 aromatic heterocycles. The maximum Gasteiger partial charge on any atom is 0.316 e. The molecule has 18 heavy (non-hydrogen) atoms. The van der Waals surface area contributed by atoms with Crippen LogP contribution in [0, 0.1) is 0 Å². The van der Waals surface area contributed by atoms with Crippen LogP contribution >= 0.6 is 34.7 Å². The van der Waals surface area contributed by atoms with Gasteiger partial charge in [0.05, 0.1) is 11.9 Å². The lowest BCUT2D eigenvalue weighted by molar-refractivity contribution is -0.144. The Hall–Kier alpha value is -0.850. The van der Waals surface area contributed by atoms with Crippen LogP contribution < -0.4 is 0 Å². The van der Waals surface area contributed by atoms with Crippen molar-refractivity contribution in [3.8, 4) is 0 Å². The number of thioether (sulfide) groups is 1. The van der Waals surface area contributed by atoms with Gasteiger partial charge in [-0.3, -0.25) is 4.79 Å². The summed E-state index contributed by atoms with van der Waals surface area (Å²) in [5.74, 6) is -0.0909. The smallest absolute Gasteiger partial charge is 0.316 e. The quantitative estimate of drug-likeness (QED) is 0.375. The van der Waals surface area contributed by atoms with Gasteiger partial charge in [0.2, 0.25) is 0 Å². The van der Waals surface area contributed by atoms with E-state index in [4.69, 9.17) is 16.3 Å². The highest BCUT2D eigenvalue weighted by molar-refractivity contribution is 7.99. The van der Waals surface area contributed by atoms with E-state index in [0.717, 1.165) is 10.2 Å². The predicted molar refractivity (Wildman–Crippen MR) is 74.4 cm³/mol. The van der Waals surface area contributed by atoms with Crippen molar-refractivity contribution in [2.24, 2.45) is 0 Å². The van der Waals surface area contributed by atoms with E-state index >= 15 is 0 Å². The third kappa shape index (κ3) is 3.34. The van der Waals surface area contributed by atoms with Crippen LogP contribution in [0.25, 0.3) is 10.2 Å². The van der Waals surface area contributed by atoms with Crippen molar-refractivity contribution in [1.29, 1.82) is 0 Å². The van der Waals surface area contributed by atoms with Gasteiger partial charge >= 0.3 is 5.97 Å². The summed E-state index contributed by atoms with van der Waals surface area (Å²) in [7, 11) is 0. The Morgan fingerprint density at radius 1 is 1.56 bits per heavy atom. The number of fused-ring (bicyclic) bond motifs is 1. The number of thiophene rings is 1. The van der Waals surface area contributed by atoms with Crippen molar-refractivity contribution in [3.63, 3.8) is 0 Å². The van der Waals surface area contributed by atoms with Gasteiger partial charge in [0.15, 0.2) is 5.16 Å². The van der Waals surface area contributed by atoms with Gasteiger partial charge in [0, 0.05) is 5.39 Å². The van der Waals surface area contributed by atoms with Crippen LogP contribution in [0.3, 0.4) is 0 Å². The van der Waals surface area contributed by atoms with E-state index in [1.54, 1.807) is 0 Å². The van der Waals surface area contributed by atoms with E-state index in [0.29, 0.717) is 10.3 Å². The molecule has 0 aliphatic rings. The second-order valence-corrected chi connectivity index (χ2v) is 5.96. The largest absolute Gasteiger partial charge is 0.462 e. The van der Waals surface area contributed by atoms with Gasteiger partial charge in [-0.25, -0.2) is 9.97 Å². The number of esters is 1. The van der Waals surface area contributed by atoms with Crippen molar-refractivity contribution < 1.29 is 9.53 Å². The molecule has 0 atom stereocenters. The lowest BCUT2D eigenvalue weighted by Crippen LogP contribution is -2.13. The maximum atomic E-state index is 11.4. The zero-order chi connectivity index (χ0) is 13.1. The first-order valence-electron chi connectivity index (χ1n) is 5.29. The van der Waals surface area contributed by atoms with Crippen molar-refractivity contribution in [3.05, 3.63) is 16.6 Å². The number of rotatable bonds is 4. The van der Waals surface area contributed by atoms with E-state index in [9.17, 15) is 4.79 Å². The summed E-state index contributed by atoms with van der Waals surface area (Å²) in [5, 5.41) is 3.67. The average Bonchev–Trinajstić information content (AvgIpc) is 2.74. The van der Waals surface area contributed by atoms with Crippen LogP contribution in [0.1, 0.15) is 13.8 Å². The highest BCUT2D eigenvalue weighted by Crippen LogP contribution is 2.27. The number of aromatic nitrogens is 2. The molecule has 0 aliphatic heterocycles. The Morgan fingerprint density at radius 2 is 2.33 bits per heavy atom. The monoisotopic (exact) mass is 302 g/mol. The SMILES string of the molecule is CC(C)OC(=O)CSc1nc(Cl)c2ccsc2n1. The number of hydrogen-bond donors (Lipinski definition) is 0. The molecule has 0 fully saturated rings. The molecule has 0 N–H and O–H groups in total. The highest BCUT2D eigenvalue weighted by Gasteiger charge is 2.11. The maximum absolute atomic E-state index is 11.4. The van der Waals surface area contributed by atoms with E-state index < -0.39 is 0 Å². The fourth-order valence-electron chi connectivity index (χ4n) is 1.29. The lowest BCUT2D eigenvalue weighted by Gasteiger charge is -2.06.